The maximum absolute atomic E-state index is 10.9. The van der Waals surface area contributed by atoms with E-state index in [-0.39, 0.29) is 18.8 Å². The van der Waals surface area contributed by atoms with Gasteiger partial charge in [0.2, 0.25) is 0 Å². The van der Waals surface area contributed by atoms with E-state index in [1.54, 1.807) is 6.33 Å². The van der Waals surface area contributed by atoms with Gasteiger partial charge in [0.15, 0.2) is 11.5 Å². The summed E-state index contributed by atoms with van der Waals surface area (Å²) >= 11 is 0. The molecule has 3 rings (SSSR count). The molecule has 0 aliphatic heterocycles. The Hall–Kier alpha value is -2.52. The van der Waals surface area contributed by atoms with Crippen LogP contribution in [0.15, 0.2) is 24.8 Å². The fourth-order valence-electron chi connectivity index (χ4n) is 2.30. The van der Waals surface area contributed by atoms with Crippen LogP contribution in [0.4, 0.5) is 5.82 Å². The Morgan fingerprint density at radius 3 is 3.14 bits per heavy atom. The SMILES string of the molecule is Nc1ncnc2c1ncn2[C@H]1C=C[C@@H](OCC(=O)NO)C1. The number of nitrogens with two attached hydrogens (primary N) is 1. The van der Waals surface area contributed by atoms with E-state index in [1.165, 1.54) is 11.8 Å². The van der Waals surface area contributed by atoms with Crippen LogP contribution < -0.4 is 11.2 Å². The van der Waals surface area contributed by atoms with Gasteiger partial charge in [-0.05, 0) is 0 Å². The lowest BCUT2D eigenvalue weighted by molar-refractivity contribution is -0.135. The van der Waals surface area contributed by atoms with E-state index in [0.29, 0.717) is 23.4 Å². The minimum Gasteiger partial charge on any atom is -0.382 e. The van der Waals surface area contributed by atoms with Gasteiger partial charge >= 0.3 is 0 Å². The molecule has 0 fully saturated rings. The van der Waals surface area contributed by atoms with E-state index in [1.807, 2.05) is 16.7 Å². The fourth-order valence-corrected chi connectivity index (χ4v) is 2.30. The van der Waals surface area contributed by atoms with Gasteiger partial charge in [0.05, 0.1) is 18.5 Å². The summed E-state index contributed by atoms with van der Waals surface area (Å²) in [5.74, 6) is -0.242. The number of hydroxylamine groups is 1. The topological polar surface area (TPSA) is 128 Å². The van der Waals surface area contributed by atoms with Crippen LogP contribution in [0.3, 0.4) is 0 Å². The van der Waals surface area contributed by atoms with Gasteiger partial charge in [0.1, 0.15) is 18.5 Å². The minimum absolute atomic E-state index is 0.0199. The van der Waals surface area contributed by atoms with Crippen LogP contribution in [0, 0.1) is 0 Å². The lowest BCUT2D eigenvalue weighted by Gasteiger charge is -2.14. The Morgan fingerprint density at radius 2 is 2.33 bits per heavy atom. The van der Waals surface area contributed by atoms with Gasteiger partial charge in [-0.25, -0.2) is 20.4 Å². The van der Waals surface area contributed by atoms with Crippen molar-refractivity contribution >= 4 is 22.9 Å². The first-order valence-corrected chi connectivity index (χ1v) is 6.35. The number of carbonyl (C=O) groups is 1. The minimum atomic E-state index is -0.583. The molecule has 9 heteroatoms. The Morgan fingerprint density at radius 1 is 1.48 bits per heavy atom. The van der Waals surface area contributed by atoms with Crippen molar-refractivity contribution < 1.29 is 14.7 Å². The Bertz CT molecular complexity index is 697. The van der Waals surface area contributed by atoms with Crippen molar-refractivity contribution in [2.75, 3.05) is 12.3 Å². The number of carbonyl (C=O) groups excluding carboxylic acids is 1. The van der Waals surface area contributed by atoms with Crippen molar-refractivity contribution in [3.8, 4) is 0 Å². The second-order valence-electron chi connectivity index (χ2n) is 4.66. The number of imidazole rings is 1. The normalized spacial score (nSPS) is 21.0. The molecular formula is C12H14N6O3. The first-order chi connectivity index (χ1) is 10.2. The van der Waals surface area contributed by atoms with Gasteiger partial charge in [-0.1, -0.05) is 12.2 Å². The number of anilines is 1. The van der Waals surface area contributed by atoms with Crippen LogP contribution >= 0.6 is 0 Å². The second-order valence-corrected chi connectivity index (χ2v) is 4.66. The van der Waals surface area contributed by atoms with E-state index >= 15 is 0 Å². The monoisotopic (exact) mass is 290 g/mol. The molecule has 0 aromatic carbocycles. The molecule has 1 amide bonds. The number of hydrogen-bond donors (Lipinski definition) is 3. The molecule has 4 N–H and O–H groups in total. The number of allylic oxidation sites excluding steroid dienone is 1. The number of nitrogen functional groups attached to an aromatic ring is 1. The molecule has 0 unspecified atom stereocenters. The van der Waals surface area contributed by atoms with Crippen LogP contribution in [-0.4, -0.2) is 43.3 Å². The molecule has 2 atom stereocenters. The molecule has 2 heterocycles. The number of nitrogens with one attached hydrogen (secondary N) is 1. The predicted molar refractivity (Wildman–Crippen MR) is 72.2 cm³/mol. The van der Waals surface area contributed by atoms with Crippen molar-refractivity contribution in [2.45, 2.75) is 18.6 Å². The van der Waals surface area contributed by atoms with Gasteiger partial charge in [0.25, 0.3) is 5.91 Å². The van der Waals surface area contributed by atoms with Crippen molar-refractivity contribution in [3.05, 3.63) is 24.8 Å². The Balaban J connectivity index is 1.72. The van der Waals surface area contributed by atoms with Crippen LogP contribution in [-0.2, 0) is 9.53 Å². The molecule has 2 aromatic rings. The van der Waals surface area contributed by atoms with E-state index in [2.05, 4.69) is 15.0 Å². The average Bonchev–Trinajstić information content (AvgIpc) is 3.11. The summed E-state index contributed by atoms with van der Waals surface area (Å²) < 4.78 is 7.26. The molecule has 0 saturated carbocycles. The maximum atomic E-state index is 10.9. The molecule has 1 aliphatic carbocycles. The lowest BCUT2D eigenvalue weighted by Crippen LogP contribution is -2.26. The third kappa shape index (κ3) is 2.56. The van der Waals surface area contributed by atoms with Gasteiger partial charge in [-0.15, -0.1) is 0 Å². The number of amides is 1. The molecule has 1 aliphatic rings. The van der Waals surface area contributed by atoms with Gasteiger partial charge in [0, 0.05) is 6.42 Å². The highest BCUT2D eigenvalue weighted by Crippen LogP contribution is 2.28. The zero-order valence-corrected chi connectivity index (χ0v) is 11.0. The number of rotatable bonds is 4. The zero-order chi connectivity index (χ0) is 14.8. The highest BCUT2D eigenvalue weighted by atomic mass is 16.5. The van der Waals surface area contributed by atoms with Crippen LogP contribution in [0.5, 0.6) is 0 Å². The molecule has 110 valence electrons. The number of nitrogens with zero attached hydrogens (tertiary/aromatic N) is 4. The number of aromatic nitrogens is 4. The third-order valence-electron chi connectivity index (χ3n) is 3.32. The summed E-state index contributed by atoms with van der Waals surface area (Å²) in [6.07, 6.45) is 7.33. The van der Waals surface area contributed by atoms with Crippen molar-refractivity contribution in [1.29, 1.82) is 0 Å². The largest absolute Gasteiger partial charge is 0.382 e. The lowest BCUT2D eigenvalue weighted by atomic mass is 10.2. The summed E-state index contributed by atoms with van der Waals surface area (Å²) in [6, 6.07) is 0.0199. The summed E-state index contributed by atoms with van der Waals surface area (Å²) in [5, 5.41) is 8.42. The fraction of sp³-hybridized carbons (Fsp3) is 0.333. The molecule has 0 saturated heterocycles. The standard InChI is InChI=1S/C12H14N6O3/c13-11-10-12(15-5-14-11)18(6-16-10)7-1-2-8(3-7)21-4-9(19)17-20/h1-2,5-8,20H,3-4H2,(H,17,19)(H2,13,14,15)/t7-,8+/m0/s1. The summed E-state index contributed by atoms with van der Waals surface area (Å²) in [6.45, 7) is -0.196. The van der Waals surface area contributed by atoms with Crippen molar-refractivity contribution in [3.63, 3.8) is 0 Å². The summed E-state index contributed by atoms with van der Waals surface area (Å²) in [4.78, 5) is 23.2. The van der Waals surface area contributed by atoms with E-state index < -0.39 is 5.91 Å². The average molecular weight is 290 g/mol. The van der Waals surface area contributed by atoms with Gasteiger partial charge in [-0.2, -0.15) is 0 Å². The first kappa shape index (κ1) is 13.5. The molecule has 21 heavy (non-hydrogen) atoms. The first-order valence-electron chi connectivity index (χ1n) is 6.35. The molecule has 0 bridgehead atoms. The Kier molecular flexibility index (Phi) is 3.50. The Labute approximate surface area is 119 Å². The van der Waals surface area contributed by atoms with E-state index in [4.69, 9.17) is 15.7 Å². The van der Waals surface area contributed by atoms with Crippen LogP contribution in [0.2, 0.25) is 0 Å². The van der Waals surface area contributed by atoms with Crippen LogP contribution in [0.1, 0.15) is 12.5 Å². The second kappa shape index (κ2) is 5.46. The van der Waals surface area contributed by atoms with Crippen molar-refractivity contribution in [1.82, 2.24) is 25.0 Å². The van der Waals surface area contributed by atoms with Gasteiger partial charge < -0.3 is 15.0 Å². The molecular weight excluding hydrogens is 276 g/mol. The molecule has 0 radical (unpaired) electrons. The highest BCUT2D eigenvalue weighted by Gasteiger charge is 2.23. The maximum Gasteiger partial charge on any atom is 0.269 e. The third-order valence-corrected chi connectivity index (χ3v) is 3.32. The van der Waals surface area contributed by atoms with E-state index in [9.17, 15) is 4.79 Å². The molecule has 0 spiro atoms. The van der Waals surface area contributed by atoms with Crippen molar-refractivity contribution in [2.24, 2.45) is 0 Å². The molecule has 9 nitrogen and oxygen atoms in total. The van der Waals surface area contributed by atoms with Crippen LogP contribution in [0.25, 0.3) is 11.2 Å². The predicted octanol–water partition coefficient (Wildman–Crippen LogP) is -0.200. The quantitative estimate of drug-likeness (QED) is 0.404. The smallest absolute Gasteiger partial charge is 0.269 e. The van der Waals surface area contributed by atoms with E-state index in [0.717, 1.165) is 0 Å². The number of fused-ring (bicyclic) bond motifs is 1. The molecule has 2 aromatic heterocycles. The number of ether oxygens (including phenoxy) is 1. The zero-order valence-electron chi connectivity index (χ0n) is 11.0. The number of hydrogen-bond acceptors (Lipinski definition) is 7. The summed E-state index contributed by atoms with van der Waals surface area (Å²) in [5.41, 5.74) is 8.50. The summed E-state index contributed by atoms with van der Waals surface area (Å²) in [7, 11) is 0. The highest BCUT2D eigenvalue weighted by molar-refractivity contribution is 5.81. The van der Waals surface area contributed by atoms with Gasteiger partial charge in [-0.3, -0.25) is 10.0 Å².